The normalized spacial score (nSPS) is 13.4. The van der Waals surface area contributed by atoms with Gasteiger partial charge in [0.15, 0.2) is 5.16 Å². The van der Waals surface area contributed by atoms with E-state index in [1.165, 1.54) is 16.7 Å². The van der Waals surface area contributed by atoms with Gasteiger partial charge in [-0.3, -0.25) is 9.59 Å². The maximum absolute atomic E-state index is 12.6. The number of para-hydroxylation sites is 3. The highest BCUT2D eigenvalue weighted by Crippen LogP contribution is 2.29. The first kappa shape index (κ1) is 15.6. The van der Waals surface area contributed by atoms with E-state index in [1.54, 1.807) is 12.3 Å². The molecule has 0 spiro atoms. The van der Waals surface area contributed by atoms with E-state index in [0.29, 0.717) is 16.5 Å². The molecule has 2 heterocycles. The average Bonchev–Trinajstić information content (AvgIpc) is 2.65. The van der Waals surface area contributed by atoms with Crippen LogP contribution >= 0.6 is 11.8 Å². The molecule has 0 aliphatic carbocycles. The number of nitrogens with one attached hydrogen (secondary N) is 1. The number of amides is 2. The van der Waals surface area contributed by atoms with Gasteiger partial charge < -0.3 is 10.2 Å². The summed E-state index contributed by atoms with van der Waals surface area (Å²) in [5.41, 5.74) is 2.21. The van der Waals surface area contributed by atoms with Crippen molar-refractivity contribution in [1.29, 1.82) is 0 Å². The van der Waals surface area contributed by atoms with E-state index in [1.807, 2.05) is 42.5 Å². The molecule has 1 aliphatic heterocycles. The van der Waals surface area contributed by atoms with Crippen molar-refractivity contribution in [2.75, 3.05) is 22.5 Å². The van der Waals surface area contributed by atoms with Crippen LogP contribution in [0.15, 0.2) is 59.9 Å². The fourth-order valence-corrected chi connectivity index (χ4v) is 3.38. The van der Waals surface area contributed by atoms with Gasteiger partial charge in [-0.15, -0.1) is 0 Å². The number of rotatable bonds is 3. The zero-order valence-electron chi connectivity index (χ0n) is 13.2. The zero-order valence-corrected chi connectivity index (χ0v) is 14.0. The topological polar surface area (TPSA) is 75.2 Å². The second-order valence-electron chi connectivity index (χ2n) is 5.55. The summed E-state index contributed by atoms with van der Waals surface area (Å²) in [5, 5.41) is 4.28. The Morgan fingerprint density at radius 3 is 2.88 bits per heavy atom. The number of nitrogens with zero attached hydrogens (tertiary/aromatic N) is 3. The molecule has 1 N–H and O–H groups in total. The summed E-state index contributed by atoms with van der Waals surface area (Å²) >= 11 is 1.27. The van der Waals surface area contributed by atoms with Gasteiger partial charge in [0.25, 0.3) is 0 Å². The van der Waals surface area contributed by atoms with Crippen molar-refractivity contribution in [1.82, 2.24) is 9.97 Å². The summed E-state index contributed by atoms with van der Waals surface area (Å²) in [7, 11) is 0. The Bertz CT molecular complexity index is 976. The van der Waals surface area contributed by atoms with E-state index in [0.717, 1.165) is 10.9 Å². The first-order valence-electron chi connectivity index (χ1n) is 7.74. The fourth-order valence-electron chi connectivity index (χ4n) is 2.68. The molecule has 0 saturated carbocycles. The molecule has 2 aromatic carbocycles. The summed E-state index contributed by atoms with van der Waals surface area (Å²) in [4.78, 5) is 34.7. The van der Waals surface area contributed by atoms with E-state index >= 15 is 0 Å². The van der Waals surface area contributed by atoms with Crippen molar-refractivity contribution >= 4 is 45.9 Å². The molecule has 4 rings (SSSR count). The molecule has 124 valence electrons. The first-order valence-corrected chi connectivity index (χ1v) is 8.73. The molecule has 0 radical (unpaired) electrons. The van der Waals surface area contributed by atoms with E-state index in [9.17, 15) is 9.59 Å². The minimum atomic E-state index is -0.195. The molecular formula is C18H14N4O2S. The number of hydrogen-bond acceptors (Lipinski definition) is 5. The monoisotopic (exact) mass is 350 g/mol. The SMILES string of the molecule is O=C1CN(C(=O)CSc2ncc3ccccc3n2)c2ccccc2N1. The van der Waals surface area contributed by atoms with Crippen LogP contribution in [0.5, 0.6) is 0 Å². The van der Waals surface area contributed by atoms with Crippen molar-refractivity contribution in [2.45, 2.75) is 5.16 Å². The Kier molecular flexibility index (Phi) is 4.07. The first-order chi connectivity index (χ1) is 12.2. The number of carbonyl (C=O) groups excluding carboxylic acids is 2. The standard InChI is InChI=1S/C18H14N4O2S/c23-16-10-22(15-8-4-3-7-14(15)20-16)17(24)11-25-18-19-9-12-5-1-2-6-13(12)21-18/h1-9H,10-11H2,(H,20,23). The number of thioether (sulfide) groups is 1. The highest BCUT2D eigenvalue weighted by Gasteiger charge is 2.26. The van der Waals surface area contributed by atoms with Gasteiger partial charge in [-0.25, -0.2) is 9.97 Å². The molecule has 3 aromatic rings. The van der Waals surface area contributed by atoms with Crippen LogP contribution in [0.25, 0.3) is 10.9 Å². The lowest BCUT2D eigenvalue weighted by molar-refractivity contribution is -0.120. The molecule has 0 atom stereocenters. The summed E-state index contributed by atoms with van der Waals surface area (Å²) in [5.74, 6) is -0.178. The molecule has 0 bridgehead atoms. The smallest absolute Gasteiger partial charge is 0.244 e. The van der Waals surface area contributed by atoms with Crippen LogP contribution in [0.1, 0.15) is 0 Å². The molecule has 2 amide bonds. The minimum absolute atomic E-state index is 0.0228. The van der Waals surface area contributed by atoms with E-state index in [-0.39, 0.29) is 24.1 Å². The third-order valence-corrected chi connectivity index (χ3v) is 4.71. The van der Waals surface area contributed by atoms with Crippen molar-refractivity contribution in [3.8, 4) is 0 Å². The lowest BCUT2D eigenvalue weighted by Crippen LogP contribution is -2.43. The second-order valence-corrected chi connectivity index (χ2v) is 6.49. The molecule has 1 aliphatic rings. The summed E-state index contributed by atoms with van der Waals surface area (Å²) in [6.07, 6.45) is 1.75. The lowest BCUT2D eigenvalue weighted by atomic mass is 10.2. The van der Waals surface area contributed by atoms with Crippen LogP contribution < -0.4 is 10.2 Å². The van der Waals surface area contributed by atoms with Gasteiger partial charge in [-0.05, 0) is 18.2 Å². The zero-order chi connectivity index (χ0) is 17.2. The fraction of sp³-hybridized carbons (Fsp3) is 0.111. The van der Waals surface area contributed by atoms with E-state index in [2.05, 4.69) is 15.3 Å². The number of hydrogen-bond donors (Lipinski definition) is 1. The molecule has 25 heavy (non-hydrogen) atoms. The summed E-state index contributed by atoms with van der Waals surface area (Å²) < 4.78 is 0. The lowest BCUT2D eigenvalue weighted by Gasteiger charge is -2.28. The maximum Gasteiger partial charge on any atom is 0.244 e. The number of aromatic nitrogens is 2. The van der Waals surface area contributed by atoms with Gasteiger partial charge in [0.2, 0.25) is 11.8 Å². The Balaban J connectivity index is 1.51. The van der Waals surface area contributed by atoms with Crippen LogP contribution in [0.4, 0.5) is 11.4 Å². The predicted molar refractivity (Wildman–Crippen MR) is 97.7 cm³/mol. The van der Waals surface area contributed by atoms with Gasteiger partial charge in [-0.2, -0.15) is 0 Å². The van der Waals surface area contributed by atoms with Gasteiger partial charge in [0, 0.05) is 11.6 Å². The van der Waals surface area contributed by atoms with Crippen LogP contribution in [-0.4, -0.2) is 34.1 Å². The van der Waals surface area contributed by atoms with Gasteiger partial charge in [0.1, 0.15) is 6.54 Å². The van der Waals surface area contributed by atoms with Gasteiger partial charge in [0.05, 0.1) is 22.6 Å². The summed E-state index contributed by atoms with van der Waals surface area (Å²) in [6, 6.07) is 15.0. The largest absolute Gasteiger partial charge is 0.323 e. The van der Waals surface area contributed by atoms with Crippen molar-refractivity contribution < 1.29 is 9.59 Å². The highest BCUT2D eigenvalue weighted by molar-refractivity contribution is 7.99. The Labute approximate surface area is 148 Å². The predicted octanol–water partition coefficient (Wildman–Crippen LogP) is 2.71. The highest BCUT2D eigenvalue weighted by atomic mass is 32.2. The summed E-state index contributed by atoms with van der Waals surface area (Å²) in [6.45, 7) is 0.0228. The minimum Gasteiger partial charge on any atom is -0.323 e. The van der Waals surface area contributed by atoms with Crippen molar-refractivity contribution in [2.24, 2.45) is 0 Å². The van der Waals surface area contributed by atoms with E-state index < -0.39 is 0 Å². The van der Waals surface area contributed by atoms with Crippen LogP contribution in [-0.2, 0) is 9.59 Å². The molecule has 7 heteroatoms. The van der Waals surface area contributed by atoms with Crippen LogP contribution in [0, 0.1) is 0 Å². The third kappa shape index (κ3) is 3.18. The molecule has 0 saturated heterocycles. The second kappa shape index (κ2) is 6.52. The van der Waals surface area contributed by atoms with E-state index in [4.69, 9.17) is 0 Å². The van der Waals surface area contributed by atoms with Crippen LogP contribution in [0.2, 0.25) is 0 Å². The molecular weight excluding hydrogens is 336 g/mol. The maximum atomic E-state index is 12.6. The quantitative estimate of drug-likeness (QED) is 0.581. The number of benzene rings is 2. The van der Waals surface area contributed by atoms with Crippen molar-refractivity contribution in [3.05, 3.63) is 54.7 Å². The van der Waals surface area contributed by atoms with Gasteiger partial charge >= 0.3 is 0 Å². The van der Waals surface area contributed by atoms with Crippen molar-refractivity contribution in [3.63, 3.8) is 0 Å². The Morgan fingerprint density at radius 1 is 1.16 bits per heavy atom. The molecule has 0 fully saturated rings. The Morgan fingerprint density at radius 2 is 1.96 bits per heavy atom. The van der Waals surface area contributed by atoms with Gasteiger partial charge in [-0.1, -0.05) is 42.1 Å². The van der Waals surface area contributed by atoms with Crippen LogP contribution in [0.3, 0.4) is 0 Å². The third-order valence-electron chi connectivity index (χ3n) is 3.86. The average molecular weight is 350 g/mol. The molecule has 6 nitrogen and oxygen atoms in total. The number of carbonyl (C=O) groups is 2. The number of anilines is 2. The molecule has 0 unspecified atom stereocenters. The molecule has 1 aromatic heterocycles. The Hall–Kier alpha value is -2.93. The number of fused-ring (bicyclic) bond motifs is 2.